The molecule has 8 nitrogen and oxygen atoms in total. The Hall–Kier alpha value is -2.29. The summed E-state index contributed by atoms with van der Waals surface area (Å²) < 4.78 is 12.2. The number of aliphatic imine (C=N–C) groups is 1. The predicted octanol–water partition coefficient (Wildman–Crippen LogP) is 2.91. The molecule has 5 aliphatic heterocycles. The van der Waals surface area contributed by atoms with Gasteiger partial charge in [-0.05, 0) is 55.1 Å². The first kappa shape index (κ1) is 23.8. The van der Waals surface area contributed by atoms with Gasteiger partial charge in [0.1, 0.15) is 11.5 Å². The van der Waals surface area contributed by atoms with Crippen molar-refractivity contribution in [2.24, 2.45) is 46.4 Å². The smallest absolute Gasteiger partial charge is 0.309 e. The van der Waals surface area contributed by atoms with Gasteiger partial charge in [-0.3, -0.25) is 19.4 Å². The van der Waals surface area contributed by atoms with Gasteiger partial charge in [-0.15, -0.1) is 0 Å². The van der Waals surface area contributed by atoms with E-state index in [1.807, 2.05) is 24.3 Å². The third kappa shape index (κ3) is 3.09. The molecule has 198 valence electrons. The Balaban J connectivity index is 1.18. The minimum atomic E-state index is -0.782. The van der Waals surface area contributed by atoms with Gasteiger partial charge in [-0.2, -0.15) is 5.06 Å². The molecule has 1 aromatic carbocycles. The first-order chi connectivity index (χ1) is 17.9. The molecule has 8 rings (SSSR count). The Morgan fingerprint density at radius 1 is 1.27 bits per heavy atom. The van der Waals surface area contributed by atoms with Crippen LogP contribution in [0.1, 0.15) is 45.1 Å². The molecular weight excluding hydrogens is 472 g/mol. The van der Waals surface area contributed by atoms with Gasteiger partial charge in [-0.25, -0.2) is 0 Å². The van der Waals surface area contributed by atoms with Crippen molar-refractivity contribution in [1.29, 1.82) is 0 Å². The second-order valence-corrected chi connectivity index (χ2v) is 12.3. The molecule has 1 spiro atoms. The summed E-state index contributed by atoms with van der Waals surface area (Å²) in [5.74, 6) is 0.859. The zero-order valence-electron chi connectivity index (χ0n) is 21.7. The average molecular weight is 509 g/mol. The monoisotopic (exact) mass is 508 g/mol. The average Bonchev–Trinajstić information content (AvgIpc) is 3.50. The Morgan fingerprint density at radius 2 is 2.08 bits per heavy atom. The van der Waals surface area contributed by atoms with Crippen LogP contribution >= 0.6 is 0 Å². The van der Waals surface area contributed by atoms with Gasteiger partial charge in [0, 0.05) is 30.1 Å². The number of aliphatic hydroxyl groups excluding tert-OH is 1. The highest BCUT2D eigenvalue weighted by Gasteiger charge is 2.65. The van der Waals surface area contributed by atoms with Crippen LogP contribution in [0.3, 0.4) is 0 Å². The van der Waals surface area contributed by atoms with E-state index in [-0.39, 0.29) is 72.2 Å². The highest BCUT2D eigenvalue weighted by atomic mass is 16.7. The van der Waals surface area contributed by atoms with E-state index in [0.29, 0.717) is 25.4 Å². The minimum absolute atomic E-state index is 0.00346. The number of carbonyl (C=O) groups is 2. The first-order valence-corrected chi connectivity index (χ1v) is 13.9. The van der Waals surface area contributed by atoms with E-state index in [1.54, 1.807) is 0 Å². The highest BCUT2D eigenvalue weighted by molar-refractivity contribution is 6.07. The van der Waals surface area contributed by atoms with Crippen LogP contribution in [-0.4, -0.2) is 61.3 Å². The lowest BCUT2D eigenvalue weighted by molar-refractivity contribution is -0.145. The number of hydroxylamine groups is 1. The Morgan fingerprint density at radius 3 is 2.86 bits per heavy atom. The van der Waals surface area contributed by atoms with Crippen molar-refractivity contribution in [3.05, 3.63) is 29.8 Å². The zero-order valence-corrected chi connectivity index (χ0v) is 21.7. The van der Waals surface area contributed by atoms with Crippen LogP contribution in [0.4, 0.5) is 5.69 Å². The maximum Gasteiger partial charge on any atom is 0.309 e. The fourth-order valence-electron chi connectivity index (χ4n) is 9.03. The number of esters is 1. The molecule has 0 radical (unpaired) electrons. The van der Waals surface area contributed by atoms with Crippen LogP contribution in [0.2, 0.25) is 0 Å². The number of ether oxygens (including phenoxy) is 2. The van der Waals surface area contributed by atoms with E-state index in [9.17, 15) is 14.7 Å². The summed E-state index contributed by atoms with van der Waals surface area (Å²) in [4.78, 5) is 37.6. The second-order valence-electron chi connectivity index (χ2n) is 12.3. The van der Waals surface area contributed by atoms with Crippen LogP contribution in [0.25, 0.3) is 0 Å². The molecule has 0 aromatic heterocycles. The maximum absolute atomic E-state index is 13.9. The summed E-state index contributed by atoms with van der Waals surface area (Å²) in [7, 11) is 1.54. The van der Waals surface area contributed by atoms with Crippen molar-refractivity contribution < 1.29 is 29.0 Å². The molecule has 3 saturated heterocycles. The van der Waals surface area contributed by atoms with Crippen LogP contribution in [0.15, 0.2) is 29.3 Å². The normalized spacial score (nSPS) is 44.2. The number of amides is 1. The number of nitrogens with zero attached hydrogens (tertiary/aromatic N) is 2. The van der Waals surface area contributed by atoms with Gasteiger partial charge in [-0.1, -0.05) is 32.0 Å². The number of benzene rings is 1. The Bertz CT molecular complexity index is 1170. The van der Waals surface area contributed by atoms with E-state index < -0.39 is 5.41 Å². The second kappa shape index (κ2) is 8.35. The quantitative estimate of drug-likeness (QED) is 0.615. The standard InChI is InChI=1S/C29H36N2O6/c1-14-9-23-25(18(14)12-32)17(27(33)37-23)8-15(2)26-16-10-24-29(11-21(30-26)19(16)13-36-24)20-6-4-5-7-22(20)31(35-3)28(29)34/h4-7,14-19,21,23-25,32H,8-13H2,1-3H3. The molecule has 7 aliphatic rings. The number of hydrogen-bond donors (Lipinski definition) is 1. The van der Waals surface area contributed by atoms with Gasteiger partial charge in [0.15, 0.2) is 0 Å². The third-order valence-corrected chi connectivity index (χ3v) is 10.7. The Kier molecular flexibility index (Phi) is 5.37. The maximum atomic E-state index is 13.9. The fraction of sp³-hybridized carbons (Fsp3) is 0.690. The summed E-state index contributed by atoms with van der Waals surface area (Å²) in [6.45, 7) is 5.05. The summed E-state index contributed by atoms with van der Waals surface area (Å²) in [5, 5.41) is 11.5. The molecule has 2 saturated carbocycles. The zero-order chi connectivity index (χ0) is 25.6. The van der Waals surface area contributed by atoms with Gasteiger partial charge in [0.25, 0.3) is 5.91 Å². The SMILES string of the molecule is CON1C(=O)C2(CC3N=C(C(C)CC4C(=O)OC5CC(C)C(CO)C54)C4CC2OCC34)c2ccccc21. The van der Waals surface area contributed by atoms with E-state index in [2.05, 4.69) is 13.8 Å². The fourth-order valence-corrected chi connectivity index (χ4v) is 9.03. The number of anilines is 1. The summed E-state index contributed by atoms with van der Waals surface area (Å²) in [5.41, 5.74) is 2.18. The van der Waals surface area contributed by atoms with Gasteiger partial charge in [0.2, 0.25) is 0 Å². The van der Waals surface area contributed by atoms with E-state index >= 15 is 0 Å². The topological polar surface area (TPSA) is 97.7 Å². The number of fused-ring (bicyclic) bond motifs is 3. The van der Waals surface area contributed by atoms with Crippen molar-refractivity contribution in [3.8, 4) is 0 Å². The van der Waals surface area contributed by atoms with E-state index in [0.717, 1.165) is 24.1 Å². The van der Waals surface area contributed by atoms with Crippen molar-refractivity contribution in [2.75, 3.05) is 25.4 Å². The van der Waals surface area contributed by atoms with Gasteiger partial charge < -0.3 is 14.6 Å². The summed E-state index contributed by atoms with van der Waals surface area (Å²) >= 11 is 0. The van der Waals surface area contributed by atoms with Crippen molar-refractivity contribution in [2.45, 2.75) is 63.2 Å². The van der Waals surface area contributed by atoms with Gasteiger partial charge in [0.05, 0.1) is 37.5 Å². The number of carbonyl (C=O) groups excluding carboxylic acids is 2. The molecule has 1 N–H and O–H groups in total. The van der Waals surface area contributed by atoms with Crippen molar-refractivity contribution in [3.63, 3.8) is 0 Å². The van der Waals surface area contributed by atoms with Crippen LogP contribution in [0.5, 0.6) is 0 Å². The number of rotatable bonds is 5. The summed E-state index contributed by atoms with van der Waals surface area (Å²) in [6.07, 6.45) is 2.61. The minimum Gasteiger partial charge on any atom is -0.462 e. The molecule has 11 unspecified atom stereocenters. The number of para-hydroxylation sites is 1. The lowest BCUT2D eigenvalue weighted by atomic mass is 9.70. The molecule has 11 atom stereocenters. The first-order valence-electron chi connectivity index (χ1n) is 13.9. The predicted molar refractivity (Wildman–Crippen MR) is 135 cm³/mol. The molecule has 1 amide bonds. The molecule has 5 heterocycles. The third-order valence-electron chi connectivity index (χ3n) is 10.7. The van der Waals surface area contributed by atoms with E-state index in [4.69, 9.17) is 19.3 Å². The molecule has 5 fully saturated rings. The van der Waals surface area contributed by atoms with Crippen LogP contribution in [0, 0.1) is 41.4 Å². The number of aliphatic hydroxyl groups is 1. The van der Waals surface area contributed by atoms with Crippen molar-refractivity contribution in [1.82, 2.24) is 0 Å². The molecule has 37 heavy (non-hydrogen) atoms. The molecular formula is C29H36N2O6. The Labute approximate surface area is 217 Å². The van der Waals surface area contributed by atoms with Crippen LogP contribution in [-0.2, 0) is 29.3 Å². The van der Waals surface area contributed by atoms with Crippen molar-refractivity contribution >= 4 is 23.3 Å². The van der Waals surface area contributed by atoms with E-state index in [1.165, 1.54) is 17.9 Å². The summed E-state index contributed by atoms with van der Waals surface area (Å²) in [6, 6.07) is 7.90. The van der Waals surface area contributed by atoms with Gasteiger partial charge >= 0.3 is 5.97 Å². The molecule has 2 aliphatic carbocycles. The molecule has 8 heteroatoms. The number of hydrogen-bond acceptors (Lipinski definition) is 7. The highest BCUT2D eigenvalue weighted by Crippen LogP contribution is 2.57. The molecule has 1 aromatic rings. The molecule has 4 bridgehead atoms. The van der Waals surface area contributed by atoms with Crippen LogP contribution < -0.4 is 5.06 Å². The lowest BCUT2D eigenvalue weighted by Gasteiger charge is -2.39. The largest absolute Gasteiger partial charge is 0.462 e. The lowest BCUT2D eigenvalue weighted by Crippen LogP contribution is -2.51.